The fourth-order valence-corrected chi connectivity index (χ4v) is 0. The van der Waals surface area contributed by atoms with Crippen molar-refractivity contribution in [2.75, 3.05) is 0 Å². The van der Waals surface area contributed by atoms with Gasteiger partial charge < -0.3 is 5.73 Å². The Morgan fingerprint density at radius 2 is 2.00 bits per heavy atom. The van der Waals surface area contributed by atoms with Crippen LogP contribution in [0.2, 0.25) is 0 Å². The molecular formula is C3H8NNaO. The molecule has 0 spiro atoms. The van der Waals surface area contributed by atoms with Gasteiger partial charge in [-0.2, -0.15) is 0 Å². The molecule has 32 valence electrons. The summed E-state index contributed by atoms with van der Waals surface area (Å²) in [5, 5.41) is 0. The van der Waals surface area contributed by atoms with E-state index in [9.17, 15) is 4.79 Å². The Morgan fingerprint density at radius 3 is 2.00 bits per heavy atom. The molecule has 0 rings (SSSR count). The first-order valence-corrected chi connectivity index (χ1v) is 1.55. The van der Waals surface area contributed by atoms with Crippen molar-refractivity contribution in [2.45, 2.75) is 13.3 Å². The van der Waals surface area contributed by atoms with Crippen molar-refractivity contribution in [1.29, 1.82) is 0 Å². The molecule has 0 fully saturated rings. The minimum absolute atomic E-state index is 0. The molecule has 0 radical (unpaired) electrons. The summed E-state index contributed by atoms with van der Waals surface area (Å²) in [5.41, 5.74) is 4.65. The number of primary amides is 1. The molecule has 3 heteroatoms. The standard InChI is InChI=1S/C3H7NO.Na.H/c1-2-3(4)5;;/h2H2,1H3,(H2,4,5);;. The van der Waals surface area contributed by atoms with Gasteiger partial charge in [-0.1, -0.05) is 6.92 Å². The minimum atomic E-state index is -0.245. The fraction of sp³-hybridized carbons (Fsp3) is 0.667. The van der Waals surface area contributed by atoms with E-state index in [0.29, 0.717) is 6.42 Å². The van der Waals surface area contributed by atoms with Gasteiger partial charge in [0.15, 0.2) is 0 Å². The molecule has 6 heavy (non-hydrogen) atoms. The monoisotopic (exact) mass is 97.1 g/mol. The van der Waals surface area contributed by atoms with Gasteiger partial charge in [-0.25, -0.2) is 0 Å². The second kappa shape index (κ2) is 5.47. The molecule has 0 heterocycles. The topological polar surface area (TPSA) is 43.1 Å². The molecular weight excluding hydrogens is 89.0 g/mol. The van der Waals surface area contributed by atoms with E-state index in [1.165, 1.54) is 0 Å². The molecule has 2 N–H and O–H groups in total. The molecule has 0 aromatic carbocycles. The van der Waals surface area contributed by atoms with Crippen molar-refractivity contribution in [2.24, 2.45) is 5.73 Å². The molecule has 0 aromatic rings. The normalized spacial score (nSPS) is 6.17. The maximum atomic E-state index is 9.59. The second-order valence-electron chi connectivity index (χ2n) is 0.820. The first-order chi connectivity index (χ1) is 2.27. The molecule has 0 saturated carbocycles. The summed E-state index contributed by atoms with van der Waals surface area (Å²) in [6.07, 6.45) is 0.444. The van der Waals surface area contributed by atoms with Crippen molar-refractivity contribution >= 4 is 35.5 Å². The SMILES string of the molecule is CCC(N)=O.[NaH]. The zero-order valence-corrected chi connectivity index (χ0v) is 3.19. The van der Waals surface area contributed by atoms with Crippen molar-refractivity contribution < 1.29 is 4.79 Å². The van der Waals surface area contributed by atoms with E-state index in [-0.39, 0.29) is 35.5 Å². The van der Waals surface area contributed by atoms with Crippen LogP contribution in [0.5, 0.6) is 0 Å². The molecule has 0 aliphatic carbocycles. The number of rotatable bonds is 1. The Kier molecular flexibility index (Phi) is 8.83. The van der Waals surface area contributed by atoms with Crippen LogP contribution in [0.25, 0.3) is 0 Å². The van der Waals surface area contributed by atoms with E-state index in [1.54, 1.807) is 6.92 Å². The average molecular weight is 97.1 g/mol. The van der Waals surface area contributed by atoms with Gasteiger partial charge in [-0.15, -0.1) is 0 Å². The molecule has 2 nitrogen and oxygen atoms in total. The van der Waals surface area contributed by atoms with Gasteiger partial charge in [0.05, 0.1) is 0 Å². The van der Waals surface area contributed by atoms with E-state index >= 15 is 0 Å². The van der Waals surface area contributed by atoms with Gasteiger partial charge in [-0.3, -0.25) is 4.79 Å². The average Bonchev–Trinajstić information content (AvgIpc) is 1.38. The first-order valence-electron chi connectivity index (χ1n) is 1.55. The number of hydrogen-bond acceptors (Lipinski definition) is 1. The van der Waals surface area contributed by atoms with E-state index in [1.807, 2.05) is 0 Å². The Labute approximate surface area is 59.4 Å². The summed E-state index contributed by atoms with van der Waals surface area (Å²) in [4.78, 5) is 9.59. The van der Waals surface area contributed by atoms with Crippen LogP contribution in [0.3, 0.4) is 0 Å². The predicted octanol–water partition coefficient (Wildman–Crippen LogP) is -0.767. The van der Waals surface area contributed by atoms with Crippen molar-refractivity contribution in [1.82, 2.24) is 0 Å². The summed E-state index contributed by atoms with van der Waals surface area (Å²) in [6, 6.07) is 0. The van der Waals surface area contributed by atoms with Gasteiger partial charge in [0.1, 0.15) is 0 Å². The summed E-state index contributed by atoms with van der Waals surface area (Å²) < 4.78 is 0. The summed E-state index contributed by atoms with van der Waals surface area (Å²) in [7, 11) is 0. The first kappa shape index (κ1) is 9.69. The van der Waals surface area contributed by atoms with Gasteiger partial charge in [-0.05, 0) is 0 Å². The predicted molar refractivity (Wildman–Crippen MR) is 26.6 cm³/mol. The Morgan fingerprint density at radius 1 is 1.83 bits per heavy atom. The van der Waals surface area contributed by atoms with Crippen LogP contribution in [0.4, 0.5) is 0 Å². The third kappa shape index (κ3) is 8.82. The third-order valence-electron chi connectivity index (χ3n) is 0.348. The quantitative estimate of drug-likeness (QED) is 0.429. The maximum absolute atomic E-state index is 9.59. The van der Waals surface area contributed by atoms with Crippen LogP contribution in [-0.2, 0) is 4.79 Å². The molecule has 0 unspecified atom stereocenters. The summed E-state index contributed by atoms with van der Waals surface area (Å²) in [5.74, 6) is -0.245. The Bertz CT molecular complexity index is 46.1. The van der Waals surface area contributed by atoms with Crippen LogP contribution in [-0.4, -0.2) is 35.5 Å². The van der Waals surface area contributed by atoms with E-state index < -0.39 is 0 Å². The molecule has 0 aliphatic rings. The molecule has 0 atom stereocenters. The van der Waals surface area contributed by atoms with Gasteiger partial charge in [0.2, 0.25) is 5.91 Å². The number of carbonyl (C=O) groups excluding carboxylic acids is 1. The van der Waals surface area contributed by atoms with Gasteiger partial charge >= 0.3 is 29.6 Å². The summed E-state index contributed by atoms with van der Waals surface area (Å²) >= 11 is 0. The Balaban J connectivity index is 0. The van der Waals surface area contributed by atoms with Gasteiger partial charge in [0, 0.05) is 6.42 Å². The molecule has 0 bridgehead atoms. The molecule has 1 amide bonds. The van der Waals surface area contributed by atoms with Crippen LogP contribution >= 0.6 is 0 Å². The van der Waals surface area contributed by atoms with Crippen molar-refractivity contribution in [3.05, 3.63) is 0 Å². The van der Waals surface area contributed by atoms with Gasteiger partial charge in [0.25, 0.3) is 0 Å². The van der Waals surface area contributed by atoms with Crippen LogP contribution < -0.4 is 5.73 Å². The van der Waals surface area contributed by atoms with Crippen LogP contribution in [0.1, 0.15) is 13.3 Å². The van der Waals surface area contributed by atoms with E-state index in [4.69, 9.17) is 0 Å². The molecule has 0 aromatic heterocycles. The van der Waals surface area contributed by atoms with Crippen molar-refractivity contribution in [3.63, 3.8) is 0 Å². The number of hydrogen-bond donors (Lipinski definition) is 1. The second-order valence-corrected chi connectivity index (χ2v) is 0.820. The molecule has 0 saturated heterocycles. The number of nitrogens with two attached hydrogens (primary N) is 1. The number of amides is 1. The zero-order valence-electron chi connectivity index (χ0n) is 3.19. The molecule has 0 aliphatic heterocycles. The third-order valence-corrected chi connectivity index (χ3v) is 0.348. The van der Waals surface area contributed by atoms with Crippen LogP contribution in [0.15, 0.2) is 0 Å². The van der Waals surface area contributed by atoms with Crippen LogP contribution in [0, 0.1) is 0 Å². The van der Waals surface area contributed by atoms with E-state index in [2.05, 4.69) is 5.73 Å². The number of carbonyl (C=O) groups is 1. The van der Waals surface area contributed by atoms with E-state index in [0.717, 1.165) is 0 Å². The summed E-state index contributed by atoms with van der Waals surface area (Å²) in [6.45, 7) is 1.72. The zero-order chi connectivity index (χ0) is 4.28. The fourth-order valence-electron chi connectivity index (χ4n) is 0. The van der Waals surface area contributed by atoms with Crippen molar-refractivity contribution in [3.8, 4) is 0 Å². The Hall–Kier alpha value is 0.470.